The van der Waals surface area contributed by atoms with Crippen molar-refractivity contribution in [1.82, 2.24) is 0 Å². The minimum Gasteiger partial charge on any atom is -0.395 e. The number of rotatable bonds is 6. The largest absolute Gasteiger partial charge is 0.395 e. The molecule has 0 fully saturated rings. The minimum absolute atomic E-state index is 0.0769. The van der Waals surface area contributed by atoms with Crippen molar-refractivity contribution in [3.05, 3.63) is 57.6 Å². The number of ketones is 1. The first kappa shape index (κ1) is 24.1. The fraction of sp³-hybridized carbons (Fsp3) is 0.348. The van der Waals surface area contributed by atoms with Crippen LogP contribution < -0.4 is 0 Å². The third-order valence-corrected chi connectivity index (χ3v) is 8.21. The Morgan fingerprint density at radius 1 is 0.735 bits per heavy atom. The molecule has 0 saturated carbocycles. The molecule has 180 valence electrons. The molecule has 0 aromatic heterocycles. The average molecular weight is 505 g/mol. The van der Waals surface area contributed by atoms with E-state index in [2.05, 4.69) is 10.3 Å². The molecule has 2 aromatic carbocycles. The summed E-state index contributed by atoms with van der Waals surface area (Å²) in [6.45, 7) is 4.01. The van der Waals surface area contributed by atoms with Crippen LogP contribution in [0.3, 0.4) is 0 Å². The van der Waals surface area contributed by atoms with E-state index in [-0.39, 0.29) is 15.6 Å². The van der Waals surface area contributed by atoms with Gasteiger partial charge in [-0.2, -0.15) is 0 Å². The molecule has 0 bridgehead atoms. The van der Waals surface area contributed by atoms with Crippen LogP contribution in [0.15, 0.2) is 44.4 Å². The van der Waals surface area contributed by atoms with Gasteiger partial charge in [-0.3, -0.25) is 4.79 Å². The SMILES string of the molecule is Cc1c(C(=O)c2ccc(S(C)(=O)=O)c(C3=NOCC3)c2C)ccc(S(C)(=O)=O)c1C1=NOCC1. The summed E-state index contributed by atoms with van der Waals surface area (Å²) in [6, 6.07) is 5.77. The lowest BCUT2D eigenvalue weighted by molar-refractivity contribution is 0.103. The molecule has 9 nitrogen and oxygen atoms in total. The second-order valence-electron chi connectivity index (χ2n) is 8.34. The zero-order valence-corrected chi connectivity index (χ0v) is 20.8. The van der Waals surface area contributed by atoms with E-state index < -0.39 is 19.7 Å². The van der Waals surface area contributed by atoms with Crippen LogP contribution in [0.5, 0.6) is 0 Å². The first-order valence-corrected chi connectivity index (χ1v) is 14.3. The van der Waals surface area contributed by atoms with Crippen molar-refractivity contribution in [2.45, 2.75) is 36.5 Å². The van der Waals surface area contributed by atoms with E-state index in [4.69, 9.17) is 9.68 Å². The number of hydrogen-bond acceptors (Lipinski definition) is 9. The van der Waals surface area contributed by atoms with Gasteiger partial charge in [-0.1, -0.05) is 10.3 Å². The lowest BCUT2D eigenvalue weighted by Crippen LogP contribution is -2.17. The molecular formula is C23H24N2O7S2. The van der Waals surface area contributed by atoms with Gasteiger partial charge in [0.25, 0.3) is 0 Å². The molecule has 0 radical (unpaired) electrons. The lowest BCUT2D eigenvalue weighted by Gasteiger charge is -2.17. The Balaban J connectivity index is 1.92. The van der Waals surface area contributed by atoms with Crippen LogP contribution in [0, 0.1) is 13.8 Å². The Kier molecular flexibility index (Phi) is 6.11. The van der Waals surface area contributed by atoms with Gasteiger partial charge in [0.05, 0.1) is 21.2 Å². The molecule has 11 heteroatoms. The van der Waals surface area contributed by atoms with E-state index in [9.17, 15) is 21.6 Å². The van der Waals surface area contributed by atoms with E-state index in [1.54, 1.807) is 13.8 Å². The molecule has 0 N–H and O–H groups in total. The third-order valence-electron chi connectivity index (χ3n) is 5.93. The van der Waals surface area contributed by atoms with Crippen molar-refractivity contribution >= 4 is 36.9 Å². The summed E-state index contributed by atoms with van der Waals surface area (Å²) in [5.74, 6) is -0.364. The summed E-state index contributed by atoms with van der Waals surface area (Å²) in [4.78, 5) is 24.0. The van der Waals surface area contributed by atoms with E-state index in [0.717, 1.165) is 12.5 Å². The first-order chi connectivity index (χ1) is 15.9. The van der Waals surface area contributed by atoms with E-state index in [1.165, 1.54) is 24.3 Å². The highest BCUT2D eigenvalue weighted by atomic mass is 32.2. The summed E-state index contributed by atoms with van der Waals surface area (Å²) >= 11 is 0. The van der Waals surface area contributed by atoms with Crippen molar-refractivity contribution in [1.29, 1.82) is 0 Å². The molecule has 0 unspecified atom stereocenters. The maximum atomic E-state index is 13.7. The summed E-state index contributed by atoms with van der Waals surface area (Å²) < 4.78 is 49.7. The Bertz CT molecular complexity index is 1380. The Labute approximate surface area is 198 Å². The molecule has 0 saturated heterocycles. The average Bonchev–Trinajstić information content (AvgIpc) is 3.45. The maximum absolute atomic E-state index is 13.7. The molecule has 34 heavy (non-hydrogen) atoms. The van der Waals surface area contributed by atoms with Crippen LogP contribution in [-0.4, -0.2) is 59.8 Å². The fourth-order valence-electron chi connectivity index (χ4n) is 4.31. The molecule has 0 atom stereocenters. The maximum Gasteiger partial charge on any atom is 0.193 e. The first-order valence-electron chi connectivity index (χ1n) is 10.5. The molecular weight excluding hydrogens is 480 g/mol. The second-order valence-corrected chi connectivity index (χ2v) is 12.3. The van der Waals surface area contributed by atoms with Gasteiger partial charge in [0.15, 0.2) is 25.5 Å². The monoisotopic (exact) mass is 504 g/mol. The molecule has 2 aliphatic rings. The number of oxime groups is 2. The molecule has 0 spiro atoms. The number of carbonyl (C=O) groups excluding carboxylic acids is 1. The highest BCUT2D eigenvalue weighted by molar-refractivity contribution is 7.91. The van der Waals surface area contributed by atoms with Crippen LogP contribution in [0.2, 0.25) is 0 Å². The third kappa shape index (κ3) is 4.25. The molecule has 2 aromatic rings. The second kappa shape index (κ2) is 8.62. The Morgan fingerprint density at radius 3 is 1.41 bits per heavy atom. The van der Waals surface area contributed by atoms with Crippen molar-refractivity contribution < 1.29 is 31.3 Å². The van der Waals surface area contributed by atoms with Crippen molar-refractivity contribution in [3.8, 4) is 0 Å². The number of benzene rings is 2. The van der Waals surface area contributed by atoms with Crippen LogP contribution in [0.1, 0.15) is 51.0 Å². The smallest absolute Gasteiger partial charge is 0.193 e. The standard InChI is InChI=1S/C23H24N2O7S2/c1-13-15(5-7-19(33(3,27)28)21(13)17-9-11-31-24-17)23(26)16-6-8-20(34(4,29)30)22(14(16)2)18-10-12-32-25-18/h5-8H,9-12H2,1-4H3. The zero-order chi connectivity index (χ0) is 24.8. The summed E-state index contributed by atoms with van der Waals surface area (Å²) in [7, 11) is -7.18. The normalized spacial score (nSPS) is 16.0. The van der Waals surface area contributed by atoms with Gasteiger partial charge in [-0.25, -0.2) is 16.8 Å². The van der Waals surface area contributed by atoms with Gasteiger partial charge < -0.3 is 9.68 Å². The van der Waals surface area contributed by atoms with Gasteiger partial charge in [0.2, 0.25) is 0 Å². The summed E-state index contributed by atoms with van der Waals surface area (Å²) in [6.07, 6.45) is 3.06. The topological polar surface area (TPSA) is 129 Å². The van der Waals surface area contributed by atoms with Crippen molar-refractivity contribution in [2.24, 2.45) is 10.3 Å². The summed E-state index contributed by atoms with van der Waals surface area (Å²) in [5.41, 5.74) is 3.18. The van der Waals surface area contributed by atoms with Gasteiger partial charge >= 0.3 is 0 Å². The van der Waals surface area contributed by atoms with Crippen LogP contribution in [0.4, 0.5) is 0 Å². The molecule has 0 aliphatic carbocycles. The predicted molar refractivity (Wildman–Crippen MR) is 126 cm³/mol. The van der Waals surface area contributed by atoms with E-state index in [1.807, 2.05) is 0 Å². The fourth-order valence-corrected chi connectivity index (χ4v) is 6.22. The molecule has 0 amide bonds. The van der Waals surface area contributed by atoms with Crippen molar-refractivity contribution in [3.63, 3.8) is 0 Å². The summed E-state index contributed by atoms with van der Waals surface area (Å²) in [5, 5.41) is 7.96. The van der Waals surface area contributed by atoms with E-state index in [0.29, 0.717) is 70.9 Å². The minimum atomic E-state index is -3.59. The van der Waals surface area contributed by atoms with Crippen LogP contribution in [-0.2, 0) is 29.3 Å². The van der Waals surface area contributed by atoms with Gasteiger partial charge in [-0.05, 0) is 49.2 Å². The molecule has 4 rings (SSSR count). The quantitative estimate of drug-likeness (QED) is 0.553. The van der Waals surface area contributed by atoms with Gasteiger partial charge in [0.1, 0.15) is 13.2 Å². The highest BCUT2D eigenvalue weighted by Gasteiger charge is 2.29. The van der Waals surface area contributed by atoms with Crippen LogP contribution >= 0.6 is 0 Å². The van der Waals surface area contributed by atoms with Gasteiger partial charge in [-0.15, -0.1) is 0 Å². The number of hydrogen-bond donors (Lipinski definition) is 0. The Morgan fingerprint density at radius 2 is 1.12 bits per heavy atom. The number of sulfone groups is 2. The number of carbonyl (C=O) groups is 1. The van der Waals surface area contributed by atoms with Crippen LogP contribution in [0.25, 0.3) is 0 Å². The van der Waals surface area contributed by atoms with Crippen molar-refractivity contribution in [2.75, 3.05) is 25.7 Å². The zero-order valence-electron chi connectivity index (χ0n) is 19.2. The number of nitrogens with zero attached hydrogens (tertiary/aromatic N) is 2. The highest BCUT2D eigenvalue weighted by Crippen LogP contribution is 2.31. The van der Waals surface area contributed by atoms with Gasteiger partial charge in [0, 0.05) is 47.6 Å². The molecule has 2 aliphatic heterocycles. The van der Waals surface area contributed by atoms with E-state index >= 15 is 0 Å². The molecule has 2 heterocycles. The lowest BCUT2D eigenvalue weighted by atomic mass is 9.89. The predicted octanol–water partition coefficient (Wildman–Crippen LogP) is 2.59. The Hall–Kier alpha value is -3.05.